The molecule has 3 heterocycles. The highest BCUT2D eigenvalue weighted by Gasteiger charge is 2.42. The zero-order valence-electron chi connectivity index (χ0n) is 17.1. The van der Waals surface area contributed by atoms with Crippen molar-refractivity contribution in [1.82, 2.24) is 25.3 Å². The number of amides is 3. The van der Waals surface area contributed by atoms with E-state index in [1.165, 1.54) is 0 Å². The topological polar surface area (TPSA) is 101 Å². The van der Waals surface area contributed by atoms with Crippen LogP contribution in [-0.2, 0) is 16.1 Å². The lowest BCUT2D eigenvalue weighted by Gasteiger charge is -2.48. The molecule has 1 N–H and O–H groups in total. The highest BCUT2D eigenvalue weighted by atomic mass is 16.5. The van der Waals surface area contributed by atoms with E-state index in [4.69, 9.17) is 9.26 Å². The van der Waals surface area contributed by atoms with E-state index >= 15 is 0 Å². The molecule has 3 amide bonds. The summed E-state index contributed by atoms with van der Waals surface area (Å²) >= 11 is 0. The molecule has 0 aliphatic carbocycles. The van der Waals surface area contributed by atoms with Gasteiger partial charge in [0.05, 0.1) is 13.2 Å². The van der Waals surface area contributed by atoms with Crippen LogP contribution in [0.4, 0.5) is 4.79 Å². The summed E-state index contributed by atoms with van der Waals surface area (Å²) in [5, 5.41) is 6.80. The molecule has 0 radical (unpaired) electrons. The smallest absolute Gasteiger partial charge is 0.317 e. The Bertz CT molecular complexity index is 692. The Kier molecular flexibility index (Phi) is 6.53. The molecule has 9 nitrogen and oxygen atoms in total. The second-order valence-electron chi connectivity index (χ2n) is 8.19. The zero-order chi connectivity index (χ0) is 20.1. The second-order valence-corrected chi connectivity index (χ2v) is 8.19. The van der Waals surface area contributed by atoms with Crippen molar-refractivity contribution in [3.8, 4) is 0 Å². The van der Waals surface area contributed by atoms with E-state index < -0.39 is 0 Å². The molecular weight excluding hydrogens is 362 g/mol. The summed E-state index contributed by atoms with van der Waals surface area (Å²) in [6.07, 6.45) is 3.35. The van der Waals surface area contributed by atoms with Crippen LogP contribution in [0.3, 0.4) is 0 Å². The standard InChI is InChI=1S/C19H31N5O4/c1-14(2)17-21-15(28-22-17)11-20-18(26)24-8-4-6-19(13-24)7-5-16(25)23(12-19)9-10-27-3/h14H,4-13H2,1-3H3,(H,20,26). The van der Waals surface area contributed by atoms with Crippen molar-refractivity contribution in [2.75, 3.05) is 39.9 Å². The van der Waals surface area contributed by atoms with Gasteiger partial charge in [-0.1, -0.05) is 19.0 Å². The van der Waals surface area contributed by atoms with E-state index in [2.05, 4.69) is 15.5 Å². The Balaban J connectivity index is 1.56. The monoisotopic (exact) mass is 393 g/mol. The van der Waals surface area contributed by atoms with Gasteiger partial charge in [0, 0.05) is 51.0 Å². The molecule has 1 aromatic rings. The first-order chi connectivity index (χ1) is 13.4. The maximum Gasteiger partial charge on any atom is 0.317 e. The van der Waals surface area contributed by atoms with Gasteiger partial charge in [0.15, 0.2) is 5.82 Å². The van der Waals surface area contributed by atoms with Crippen molar-refractivity contribution in [2.24, 2.45) is 5.41 Å². The van der Waals surface area contributed by atoms with Crippen molar-refractivity contribution in [2.45, 2.75) is 52.0 Å². The minimum atomic E-state index is -0.122. The van der Waals surface area contributed by atoms with Gasteiger partial charge < -0.3 is 24.4 Å². The first kappa shape index (κ1) is 20.6. The quantitative estimate of drug-likeness (QED) is 0.790. The van der Waals surface area contributed by atoms with Crippen LogP contribution in [0.1, 0.15) is 57.2 Å². The maximum absolute atomic E-state index is 12.7. The number of hydrogen-bond donors (Lipinski definition) is 1. The fourth-order valence-corrected chi connectivity index (χ4v) is 4.06. The third-order valence-electron chi connectivity index (χ3n) is 5.65. The number of piperidine rings is 2. The number of likely N-dealkylation sites (tertiary alicyclic amines) is 2. The van der Waals surface area contributed by atoms with Gasteiger partial charge in [0.25, 0.3) is 0 Å². The lowest BCUT2D eigenvalue weighted by molar-refractivity contribution is -0.139. The van der Waals surface area contributed by atoms with Gasteiger partial charge in [-0.3, -0.25) is 4.79 Å². The molecule has 1 atom stereocenters. The molecule has 2 aliphatic rings. The first-order valence-corrected chi connectivity index (χ1v) is 10.0. The summed E-state index contributed by atoms with van der Waals surface area (Å²) in [7, 11) is 1.64. The van der Waals surface area contributed by atoms with Gasteiger partial charge >= 0.3 is 6.03 Å². The summed E-state index contributed by atoms with van der Waals surface area (Å²) < 4.78 is 10.3. The molecular formula is C19H31N5O4. The number of carbonyl (C=O) groups excluding carboxylic acids is 2. The third kappa shape index (κ3) is 4.81. The molecule has 2 aliphatic heterocycles. The number of urea groups is 1. The number of rotatable bonds is 6. The third-order valence-corrected chi connectivity index (χ3v) is 5.65. The molecule has 9 heteroatoms. The molecule has 1 unspecified atom stereocenters. The number of nitrogens with zero attached hydrogens (tertiary/aromatic N) is 4. The number of carbonyl (C=O) groups is 2. The van der Waals surface area contributed by atoms with Gasteiger partial charge in [0.1, 0.15) is 0 Å². The van der Waals surface area contributed by atoms with Crippen LogP contribution < -0.4 is 5.32 Å². The van der Waals surface area contributed by atoms with E-state index in [-0.39, 0.29) is 29.8 Å². The predicted molar refractivity (Wildman–Crippen MR) is 102 cm³/mol. The van der Waals surface area contributed by atoms with Crippen molar-refractivity contribution in [3.05, 3.63) is 11.7 Å². The lowest BCUT2D eigenvalue weighted by atomic mass is 9.73. The minimum Gasteiger partial charge on any atom is -0.383 e. The van der Waals surface area contributed by atoms with E-state index in [1.807, 2.05) is 23.6 Å². The van der Waals surface area contributed by atoms with Crippen molar-refractivity contribution in [1.29, 1.82) is 0 Å². The molecule has 0 bridgehead atoms. The SMILES string of the molecule is COCCN1CC2(CCCN(C(=O)NCc3nc(C(C)C)no3)C2)CCC1=O. The normalized spacial score (nSPS) is 22.9. The molecule has 0 aromatic carbocycles. The minimum absolute atomic E-state index is 0.0213. The average Bonchev–Trinajstić information content (AvgIpc) is 3.16. The van der Waals surface area contributed by atoms with Crippen LogP contribution in [0.25, 0.3) is 0 Å². The summed E-state index contributed by atoms with van der Waals surface area (Å²) in [5.74, 6) is 1.42. The highest BCUT2D eigenvalue weighted by Crippen LogP contribution is 2.38. The summed E-state index contributed by atoms with van der Waals surface area (Å²) in [6, 6.07) is -0.122. The van der Waals surface area contributed by atoms with Crippen LogP contribution in [-0.4, -0.2) is 71.8 Å². The lowest BCUT2D eigenvalue weighted by Crippen LogP contribution is -2.56. The predicted octanol–water partition coefficient (Wildman–Crippen LogP) is 1.75. The molecule has 1 spiro atoms. The number of nitrogens with one attached hydrogen (secondary N) is 1. The molecule has 3 rings (SSSR count). The Morgan fingerprint density at radius 2 is 2.18 bits per heavy atom. The number of methoxy groups -OCH3 is 1. The summed E-state index contributed by atoms with van der Waals surface area (Å²) in [6.45, 7) is 7.43. The van der Waals surface area contributed by atoms with Crippen LogP contribution in [0, 0.1) is 5.41 Å². The van der Waals surface area contributed by atoms with E-state index in [0.717, 1.165) is 25.8 Å². The van der Waals surface area contributed by atoms with Gasteiger partial charge in [-0.15, -0.1) is 0 Å². The van der Waals surface area contributed by atoms with E-state index in [1.54, 1.807) is 7.11 Å². The van der Waals surface area contributed by atoms with Crippen molar-refractivity contribution < 1.29 is 18.8 Å². The van der Waals surface area contributed by atoms with E-state index in [0.29, 0.717) is 44.4 Å². The Hall–Kier alpha value is -2.16. The molecule has 156 valence electrons. The summed E-state index contributed by atoms with van der Waals surface area (Å²) in [4.78, 5) is 32.9. The van der Waals surface area contributed by atoms with Crippen LogP contribution in [0.2, 0.25) is 0 Å². The molecule has 1 aromatic heterocycles. The zero-order valence-corrected chi connectivity index (χ0v) is 17.1. The van der Waals surface area contributed by atoms with Crippen LogP contribution in [0.5, 0.6) is 0 Å². The van der Waals surface area contributed by atoms with Gasteiger partial charge in [0.2, 0.25) is 11.8 Å². The number of hydrogen-bond acceptors (Lipinski definition) is 6. The Morgan fingerprint density at radius 3 is 2.89 bits per heavy atom. The highest BCUT2D eigenvalue weighted by molar-refractivity contribution is 5.77. The van der Waals surface area contributed by atoms with Crippen LogP contribution in [0.15, 0.2) is 4.52 Å². The van der Waals surface area contributed by atoms with Crippen molar-refractivity contribution in [3.63, 3.8) is 0 Å². The summed E-state index contributed by atoms with van der Waals surface area (Å²) in [5.41, 5.74) is -0.0213. The Morgan fingerprint density at radius 1 is 1.36 bits per heavy atom. The Labute approximate surface area is 165 Å². The molecule has 28 heavy (non-hydrogen) atoms. The molecule has 0 saturated carbocycles. The number of aromatic nitrogens is 2. The van der Waals surface area contributed by atoms with E-state index in [9.17, 15) is 9.59 Å². The first-order valence-electron chi connectivity index (χ1n) is 10.0. The van der Waals surface area contributed by atoms with Crippen LogP contribution >= 0.6 is 0 Å². The van der Waals surface area contributed by atoms with Gasteiger partial charge in [-0.05, 0) is 19.3 Å². The molecule has 2 saturated heterocycles. The van der Waals surface area contributed by atoms with Gasteiger partial charge in [-0.2, -0.15) is 4.98 Å². The second kappa shape index (κ2) is 8.89. The average molecular weight is 393 g/mol. The largest absolute Gasteiger partial charge is 0.383 e. The fourth-order valence-electron chi connectivity index (χ4n) is 4.06. The van der Waals surface area contributed by atoms with Gasteiger partial charge in [-0.25, -0.2) is 4.79 Å². The fraction of sp³-hybridized carbons (Fsp3) is 0.789. The number of ether oxygens (including phenoxy) is 1. The molecule has 2 fully saturated rings. The maximum atomic E-state index is 12.7. The van der Waals surface area contributed by atoms with Crippen molar-refractivity contribution >= 4 is 11.9 Å².